The number of hydrogen-bond acceptors (Lipinski definition) is 4. The number of carboxylic acid groups (broad SMARTS) is 1. The Labute approximate surface area is 98.6 Å². The lowest BCUT2D eigenvalue weighted by atomic mass is 9.89. The van der Waals surface area contributed by atoms with Gasteiger partial charge in [0.15, 0.2) is 5.69 Å². The second-order valence-corrected chi connectivity index (χ2v) is 4.45. The molecule has 1 rings (SSSR count). The maximum atomic E-state index is 10.7. The zero-order chi connectivity index (χ0) is 12.1. The third-order valence-electron chi connectivity index (χ3n) is 2.67. The number of nitrogens with zero attached hydrogens (tertiary/aromatic N) is 2. The summed E-state index contributed by atoms with van der Waals surface area (Å²) in [6.45, 7) is 4.06. The number of rotatable bonds is 5. The molecule has 1 heterocycles. The molecule has 1 aromatic heterocycles. The average Bonchev–Trinajstić information content (AvgIpc) is 2.74. The molecule has 1 atom stereocenters. The van der Waals surface area contributed by atoms with Crippen molar-refractivity contribution in [3.8, 4) is 6.07 Å². The molecule has 0 aliphatic carbocycles. The van der Waals surface area contributed by atoms with Gasteiger partial charge in [-0.05, 0) is 5.92 Å². The van der Waals surface area contributed by atoms with Crippen LogP contribution in [0.1, 0.15) is 48.1 Å². The summed E-state index contributed by atoms with van der Waals surface area (Å²) in [5.74, 6) is -1.07. The summed E-state index contributed by atoms with van der Waals surface area (Å²) in [5.41, 5.74) is 0.0335. The van der Waals surface area contributed by atoms with Crippen molar-refractivity contribution in [1.29, 1.82) is 5.26 Å². The molecule has 5 heteroatoms. The van der Waals surface area contributed by atoms with Crippen LogP contribution in [0.2, 0.25) is 0 Å². The molecule has 0 aromatic carbocycles. The first kappa shape index (κ1) is 12.7. The number of carbonyl (C=O) groups is 1. The molecule has 0 amide bonds. The molecule has 1 N–H and O–H groups in total. The molecule has 1 unspecified atom stereocenters. The van der Waals surface area contributed by atoms with Crippen molar-refractivity contribution < 1.29 is 9.90 Å². The Bertz CT molecular complexity index is 404. The van der Waals surface area contributed by atoms with Crippen molar-refractivity contribution >= 4 is 17.3 Å². The van der Waals surface area contributed by atoms with Gasteiger partial charge in [-0.2, -0.15) is 5.26 Å². The maximum Gasteiger partial charge on any atom is 0.355 e. The topological polar surface area (TPSA) is 74.0 Å². The van der Waals surface area contributed by atoms with Gasteiger partial charge in [-0.3, -0.25) is 0 Å². The largest absolute Gasteiger partial charge is 0.476 e. The van der Waals surface area contributed by atoms with E-state index in [-0.39, 0.29) is 17.5 Å². The lowest BCUT2D eigenvalue weighted by Gasteiger charge is -2.16. The highest BCUT2D eigenvalue weighted by molar-refractivity contribution is 7.10. The highest BCUT2D eigenvalue weighted by Gasteiger charge is 2.24. The van der Waals surface area contributed by atoms with Crippen molar-refractivity contribution in [3.63, 3.8) is 0 Å². The molecular formula is C11H14N2O2S. The zero-order valence-corrected chi connectivity index (χ0v) is 10.1. The summed E-state index contributed by atoms with van der Waals surface area (Å²) in [6, 6.07) is 2.23. The highest BCUT2D eigenvalue weighted by Crippen LogP contribution is 2.31. The summed E-state index contributed by atoms with van der Waals surface area (Å²) in [7, 11) is 0. The van der Waals surface area contributed by atoms with Crippen LogP contribution in [-0.4, -0.2) is 16.1 Å². The van der Waals surface area contributed by atoms with Crippen LogP contribution in [0.3, 0.4) is 0 Å². The SMILES string of the molecule is CCC(CC)C(C#N)c1nc(C(=O)O)cs1. The minimum Gasteiger partial charge on any atom is -0.476 e. The summed E-state index contributed by atoms with van der Waals surface area (Å²) < 4.78 is 0. The van der Waals surface area contributed by atoms with E-state index in [4.69, 9.17) is 10.4 Å². The molecule has 0 saturated carbocycles. The van der Waals surface area contributed by atoms with Crippen molar-refractivity contribution in [2.24, 2.45) is 5.92 Å². The first-order valence-electron chi connectivity index (χ1n) is 5.22. The first-order valence-corrected chi connectivity index (χ1v) is 6.10. The highest BCUT2D eigenvalue weighted by atomic mass is 32.1. The number of nitriles is 1. The van der Waals surface area contributed by atoms with Crippen LogP contribution in [0.25, 0.3) is 0 Å². The molecular weight excluding hydrogens is 224 g/mol. The predicted octanol–water partition coefficient (Wildman–Crippen LogP) is 2.88. The van der Waals surface area contributed by atoms with Gasteiger partial charge in [-0.15, -0.1) is 11.3 Å². The van der Waals surface area contributed by atoms with Crippen LogP contribution in [-0.2, 0) is 0 Å². The molecule has 16 heavy (non-hydrogen) atoms. The maximum absolute atomic E-state index is 10.7. The van der Waals surface area contributed by atoms with Crippen molar-refractivity contribution in [3.05, 3.63) is 16.1 Å². The van der Waals surface area contributed by atoms with Crippen molar-refractivity contribution in [2.75, 3.05) is 0 Å². The van der Waals surface area contributed by atoms with Crippen molar-refractivity contribution in [2.45, 2.75) is 32.6 Å². The lowest BCUT2D eigenvalue weighted by molar-refractivity contribution is 0.0691. The number of aromatic nitrogens is 1. The van der Waals surface area contributed by atoms with Gasteiger partial charge in [0, 0.05) is 5.38 Å². The fourth-order valence-electron chi connectivity index (χ4n) is 1.65. The second-order valence-electron chi connectivity index (χ2n) is 3.56. The summed E-state index contributed by atoms with van der Waals surface area (Å²) in [5, 5.41) is 20.0. The Morgan fingerprint density at radius 3 is 2.62 bits per heavy atom. The normalized spacial score (nSPS) is 12.4. The van der Waals surface area contributed by atoms with E-state index in [1.54, 1.807) is 0 Å². The average molecular weight is 238 g/mol. The Kier molecular flexibility index (Phi) is 4.44. The van der Waals surface area contributed by atoms with E-state index in [0.29, 0.717) is 5.01 Å². The van der Waals surface area contributed by atoms with Crippen LogP contribution in [0, 0.1) is 17.2 Å². The van der Waals surface area contributed by atoms with E-state index in [0.717, 1.165) is 12.8 Å². The van der Waals surface area contributed by atoms with E-state index < -0.39 is 5.97 Å². The molecule has 1 aromatic rings. The molecule has 0 bridgehead atoms. The Morgan fingerprint density at radius 1 is 1.62 bits per heavy atom. The molecule has 0 aliphatic rings. The summed E-state index contributed by atoms with van der Waals surface area (Å²) in [6.07, 6.45) is 1.80. The number of carboxylic acids is 1. The summed E-state index contributed by atoms with van der Waals surface area (Å²) in [4.78, 5) is 14.7. The van der Waals surface area contributed by atoms with Gasteiger partial charge in [0.25, 0.3) is 0 Å². The minimum atomic E-state index is -1.04. The van der Waals surface area contributed by atoms with Gasteiger partial charge in [-0.25, -0.2) is 9.78 Å². The van der Waals surface area contributed by atoms with E-state index in [1.165, 1.54) is 16.7 Å². The van der Waals surface area contributed by atoms with Crippen LogP contribution in [0.4, 0.5) is 0 Å². The molecule has 0 saturated heterocycles. The van der Waals surface area contributed by atoms with E-state index in [2.05, 4.69) is 11.1 Å². The first-order chi connectivity index (χ1) is 7.63. The van der Waals surface area contributed by atoms with E-state index >= 15 is 0 Å². The molecule has 0 radical (unpaired) electrons. The van der Waals surface area contributed by atoms with E-state index in [1.807, 2.05) is 13.8 Å². The smallest absolute Gasteiger partial charge is 0.355 e. The van der Waals surface area contributed by atoms with Crippen LogP contribution < -0.4 is 0 Å². The Hall–Kier alpha value is -1.41. The third kappa shape index (κ3) is 2.58. The summed E-state index contributed by atoms with van der Waals surface area (Å²) >= 11 is 1.26. The van der Waals surface area contributed by atoms with Gasteiger partial charge in [-0.1, -0.05) is 26.7 Å². The lowest BCUT2D eigenvalue weighted by Crippen LogP contribution is -2.10. The monoisotopic (exact) mass is 238 g/mol. The standard InChI is InChI=1S/C11H14N2O2S/c1-3-7(4-2)8(5-12)10-13-9(6-16-10)11(14)15/h6-8H,3-4H2,1-2H3,(H,14,15). The van der Waals surface area contributed by atoms with Crippen LogP contribution in [0.15, 0.2) is 5.38 Å². The molecule has 86 valence electrons. The fraction of sp³-hybridized carbons (Fsp3) is 0.545. The van der Waals surface area contributed by atoms with Gasteiger partial charge in [0.05, 0.1) is 6.07 Å². The number of aromatic carboxylic acids is 1. The predicted molar refractivity (Wildman–Crippen MR) is 61.5 cm³/mol. The van der Waals surface area contributed by atoms with Gasteiger partial charge < -0.3 is 5.11 Å². The van der Waals surface area contributed by atoms with Crippen molar-refractivity contribution in [1.82, 2.24) is 4.98 Å². The molecule has 0 fully saturated rings. The second kappa shape index (κ2) is 5.61. The molecule has 0 aliphatic heterocycles. The van der Waals surface area contributed by atoms with Gasteiger partial charge in [0.2, 0.25) is 0 Å². The number of hydrogen-bond donors (Lipinski definition) is 1. The Balaban J connectivity index is 2.96. The number of thiazole rings is 1. The van der Waals surface area contributed by atoms with Gasteiger partial charge in [0.1, 0.15) is 10.9 Å². The molecule has 4 nitrogen and oxygen atoms in total. The minimum absolute atomic E-state index is 0.0335. The Morgan fingerprint density at radius 2 is 2.25 bits per heavy atom. The van der Waals surface area contributed by atoms with Gasteiger partial charge >= 0.3 is 5.97 Å². The third-order valence-corrected chi connectivity index (χ3v) is 3.59. The quantitative estimate of drug-likeness (QED) is 0.855. The molecule has 0 spiro atoms. The van der Waals surface area contributed by atoms with E-state index in [9.17, 15) is 4.79 Å². The van der Waals surface area contributed by atoms with Crippen LogP contribution in [0.5, 0.6) is 0 Å². The van der Waals surface area contributed by atoms with Crippen LogP contribution >= 0.6 is 11.3 Å². The zero-order valence-electron chi connectivity index (χ0n) is 9.30. The fourth-order valence-corrected chi connectivity index (χ4v) is 2.58.